The van der Waals surface area contributed by atoms with Crippen molar-refractivity contribution in [3.05, 3.63) is 11.4 Å². The summed E-state index contributed by atoms with van der Waals surface area (Å²) in [5.74, 6) is 0.291. The van der Waals surface area contributed by atoms with Crippen molar-refractivity contribution in [2.75, 3.05) is 32.5 Å². The van der Waals surface area contributed by atoms with Gasteiger partial charge in [0.2, 0.25) is 0 Å². The van der Waals surface area contributed by atoms with Crippen LogP contribution in [0.1, 0.15) is 42.4 Å². The first kappa shape index (κ1) is 14.8. The van der Waals surface area contributed by atoms with Gasteiger partial charge >= 0.3 is 0 Å². The summed E-state index contributed by atoms with van der Waals surface area (Å²) in [6, 6.07) is 0. The minimum atomic E-state index is -0.119. The lowest BCUT2D eigenvalue weighted by Gasteiger charge is -2.26. The number of nitrogens with two attached hydrogens (primary N) is 1. The number of aromatic nitrogens is 2. The monoisotopic (exact) mass is 280 g/mol. The molecular formula is C14H24N4O2. The van der Waals surface area contributed by atoms with Gasteiger partial charge in [-0.15, -0.1) is 0 Å². The van der Waals surface area contributed by atoms with Crippen LogP contribution in [-0.2, 0) is 11.2 Å². The third-order valence-corrected chi connectivity index (χ3v) is 3.72. The molecule has 0 radical (unpaired) electrons. The number of carbonyl (C=O) groups excluding carboxylic acids is 1. The minimum Gasteiger partial charge on any atom is -0.395 e. The zero-order valence-electron chi connectivity index (χ0n) is 12.3. The van der Waals surface area contributed by atoms with Crippen LogP contribution in [0.15, 0.2) is 0 Å². The molecule has 2 rings (SSSR count). The third kappa shape index (κ3) is 3.30. The Morgan fingerprint density at radius 3 is 3.05 bits per heavy atom. The summed E-state index contributed by atoms with van der Waals surface area (Å²) < 4.78 is 5.44. The lowest BCUT2D eigenvalue weighted by atomic mass is 10.0. The van der Waals surface area contributed by atoms with E-state index in [0.717, 1.165) is 44.6 Å². The molecule has 1 aliphatic heterocycles. The van der Waals surface area contributed by atoms with E-state index in [4.69, 9.17) is 10.5 Å². The quantitative estimate of drug-likeness (QED) is 0.855. The van der Waals surface area contributed by atoms with E-state index in [9.17, 15) is 4.79 Å². The number of H-pyrrole nitrogens is 1. The number of nitrogens with zero attached hydrogens (tertiary/aromatic N) is 2. The van der Waals surface area contributed by atoms with Gasteiger partial charge in [-0.25, -0.2) is 0 Å². The van der Waals surface area contributed by atoms with E-state index < -0.39 is 0 Å². The molecule has 1 amide bonds. The zero-order chi connectivity index (χ0) is 14.5. The van der Waals surface area contributed by atoms with Crippen LogP contribution in [0.5, 0.6) is 0 Å². The molecule has 6 heteroatoms. The first-order chi connectivity index (χ1) is 9.63. The standard InChI is InChI=1S/C14H24N4O2/c1-3-5-11-12(15)13(17-16-11)14(19)18(2)8-10-6-4-7-20-9-10/h10H,3-9,15H2,1-2H3,(H,16,17). The molecule has 2 heterocycles. The Balaban J connectivity index is 1.98. The number of ether oxygens (including phenoxy) is 1. The van der Waals surface area contributed by atoms with Gasteiger partial charge in [0.15, 0.2) is 5.69 Å². The van der Waals surface area contributed by atoms with E-state index in [1.807, 2.05) is 0 Å². The molecule has 0 spiro atoms. The van der Waals surface area contributed by atoms with E-state index in [-0.39, 0.29) is 5.91 Å². The van der Waals surface area contributed by atoms with Crippen molar-refractivity contribution in [1.29, 1.82) is 0 Å². The summed E-state index contributed by atoms with van der Waals surface area (Å²) in [6.07, 6.45) is 3.95. The molecule has 1 aromatic rings. The first-order valence-electron chi connectivity index (χ1n) is 7.29. The first-order valence-corrected chi connectivity index (χ1v) is 7.29. The number of hydrogen-bond acceptors (Lipinski definition) is 4. The summed E-state index contributed by atoms with van der Waals surface area (Å²) in [4.78, 5) is 14.1. The van der Waals surface area contributed by atoms with Gasteiger partial charge in [-0.2, -0.15) is 5.10 Å². The number of nitrogens with one attached hydrogen (secondary N) is 1. The van der Waals surface area contributed by atoms with Gasteiger partial charge in [-0.05, 0) is 25.2 Å². The van der Waals surface area contributed by atoms with Gasteiger partial charge in [0, 0.05) is 20.2 Å². The Bertz CT molecular complexity index is 452. The SMILES string of the molecule is CCCc1[nH]nc(C(=O)N(C)CC2CCCOC2)c1N. The Hall–Kier alpha value is -1.56. The molecule has 1 fully saturated rings. The van der Waals surface area contributed by atoms with E-state index >= 15 is 0 Å². The van der Waals surface area contributed by atoms with Gasteiger partial charge in [0.1, 0.15) is 0 Å². The lowest BCUT2D eigenvalue weighted by Crippen LogP contribution is -2.35. The molecule has 6 nitrogen and oxygen atoms in total. The van der Waals surface area contributed by atoms with Crippen LogP contribution in [0.25, 0.3) is 0 Å². The predicted molar refractivity (Wildman–Crippen MR) is 77.5 cm³/mol. The number of nitrogen functional groups attached to an aromatic ring is 1. The van der Waals surface area contributed by atoms with Gasteiger partial charge in [-0.3, -0.25) is 9.89 Å². The van der Waals surface area contributed by atoms with E-state index in [0.29, 0.717) is 23.8 Å². The van der Waals surface area contributed by atoms with Crippen LogP contribution in [0, 0.1) is 5.92 Å². The normalized spacial score (nSPS) is 19.0. The second-order valence-electron chi connectivity index (χ2n) is 5.48. The van der Waals surface area contributed by atoms with Crippen LogP contribution in [0.3, 0.4) is 0 Å². The van der Waals surface area contributed by atoms with E-state index in [2.05, 4.69) is 17.1 Å². The van der Waals surface area contributed by atoms with Crippen LogP contribution >= 0.6 is 0 Å². The molecule has 1 aromatic heterocycles. The summed E-state index contributed by atoms with van der Waals surface area (Å²) >= 11 is 0. The molecule has 1 saturated heterocycles. The largest absolute Gasteiger partial charge is 0.395 e. The number of aromatic amines is 1. The highest BCUT2D eigenvalue weighted by Crippen LogP contribution is 2.19. The smallest absolute Gasteiger partial charge is 0.276 e. The number of hydrogen-bond donors (Lipinski definition) is 2. The van der Waals surface area contributed by atoms with Crippen LogP contribution in [0.4, 0.5) is 5.69 Å². The highest BCUT2D eigenvalue weighted by atomic mass is 16.5. The fourth-order valence-electron chi connectivity index (χ4n) is 2.59. The number of anilines is 1. The summed E-state index contributed by atoms with van der Waals surface area (Å²) in [5.41, 5.74) is 7.68. The maximum atomic E-state index is 12.4. The fourth-order valence-corrected chi connectivity index (χ4v) is 2.59. The van der Waals surface area contributed by atoms with Gasteiger partial charge < -0.3 is 15.4 Å². The molecule has 0 saturated carbocycles. The predicted octanol–water partition coefficient (Wildman–Crippen LogP) is 1.44. The summed E-state index contributed by atoms with van der Waals surface area (Å²) in [7, 11) is 1.80. The molecule has 0 aliphatic carbocycles. The van der Waals surface area contributed by atoms with E-state index in [1.54, 1.807) is 11.9 Å². The van der Waals surface area contributed by atoms with Crippen LogP contribution < -0.4 is 5.73 Å². The number of amides is 1. The van der Waals surface area contributed by atoms with Crippen molar-refractivity contribution in [3.8, 4) is 0 Å². The number of rotatable bonds is 5. The molecule has 1 atom stereocenters. The lowest BCUT2D eigenvalue weighted by molar-refractivity contribution is 0.0387. The van der Waals surface area contributed by atoms with Crippen molar-refractivity contribution in [1.82, 2.24) is 15.1 Å². The highest BCUT2D eigenvalue weighted by molar-refractivity contribution is 5.97. The molecule has 112 valence electrons. The van der Waals surface area contributed by atoms with Crippen LogP contribution in [-0.4, -0.2) is 47.8 Å². The Kier molecular flexibility index (Phi) is 5.00. The molecule has 1 unspecified atom stereocenters. The maximum Gasteiger partial charge on any atom is 0.276 e. The molecule has 0 aromatic carbocycles. The zero-order valence-corrected chi connectivity index (χ0v) is 12.3. The maximum absolute atomic E-state index is 12.4. The Morgan fingerprint density at radius 2 is 2.40 bits per heavy atom. The molecule has 0 bridgehead atoms. The summed E-state index contributed by atoms with van der Waals surface area (Å²) in [5, 5.41) is 6.94. The Labute approximate surface area is 119 Å². The third-order valence-electron chi connectivity index (χ3n) is 3.72. The van der Waals surface area contributed by atoms with Crippen molar-refractivity contribution >= 4 is 11.6 Å². The van der Waals surface area contributed by atoms with Crippen LogP contribution in [0.2, 0.25) is 0 Å². The van der Waals surface area contributed by atoms with Crippen molar-refractivity contribution in [2.45, 2.75) is 32.6 Å². The number of carbonyl (C=O) groups is 1. The average Bonchev–Trinajstić information content (AvgIpc) is 2.81. The van der Waals surface area contributed by atoms with Gasteiger partial charge in [0.25, 0.3) is 5.91 Å². The fraction of sp³-hybridized carbons (Fsp3) is 0.714. The molecule has 1 aliphatic rings. The molecule has 3 N–H and O–H groups in total. The van der Waals surface area contributed by atoms with Crippen molar-refractivity contribution in [3.63, 3.8) is 0 Å². The van der Waals surface area contributed by atoms with Crippen molar-refractivity contribution < 1.29 is 9.53 Å². The second-order valence-corrected chi connectivity index (χ2v) is 5.48. The molecular weight excluding hydrogens is 256 g/mol. The van der Waals surface area contributed by atoms with Gasteiger partial charge in [-0.1, -0.05) is 13.3 Å². The second kappa shape index (κ2) is 6.74. The topological polar surface area (TPSA) is 84.2 Å². The minimum absolute atomic E-state index is 0.119. The van der Waals surface area contributed by atoms with Crippen molar-refractivity contribution in [2.24, 2.45) is 5.92 Å². The summed E-state index contributed by atoms with van der Waals surface area (Å²) in [6.45, 7) is 4.32. The van der Waals surface area contributed by atoms with Gasteiger partial charge in [0.05, 0.1) is 18.0 Å². The molecule has 20 heavy (non-hydrogen) atoms. The average molecular weight is 280 g/mol. The highest BCUT2D eigenvalue weighted by Gasteiger charge is 2.23. The number of aryl methyl sites for hydroxylation is 1. The van der Waals surface area contributed by atoms with E-state index in [1.165, 1.54) is 0 Å². The Morgan fingerprint density at radius 1 is 1.60 bits per heavy atom.